The van der Waals surface area contributed by atoms with E-state index in [1.807, 2.05) is 43.3 Å². The van der Waals surface area contributed by atoms with Crippen LogP contribution in [0.2, 0.25) is 0 Å². The maximum absolute atomic E-state index is 12.4. The minimum atomic E-state index is -3.60. The van der Waals surface area contributed by atoms with Crippen LogP contribution in [0.4, 0.5) is 0 Å². The number of carbonyl (C=O) groups is 1. The van der Waals surface area contributed by atoms with E-state index in [4.69, 9.17) is 0 Å². The smallest absolute Gasteiger partial charge is 0.240 e. The Morgan fingerprint density at radius 2 is 1.64 bits per heavy atom. The third-order valence-electron chi connectivity index (χ3n) is 4.62. The van der Waals surface area contributed by atoms with Crippen LogP contribution in [0, 0.1) is 6.92 Å². The van der Waals surface area contributed by atoms with E-state index < -0.39 is 10.0 Å². The molecule has 0 unspecified atom stereocenters. The van der Waals surface area contributed by atoms with E-state index in [2.05, 4.69) is 10.8 Å². The van der Waals surface area contributed by atoms with Crippen LogP contribution in [0.25, 0.3) is 10.8 Å². The molecule has 0 atom stereocenters. The molecule has 0 aliphatic rings. The fraction of sp³-hybridized carbons (Fsp3) is 0.227. The zero-order chi connectivity index (χ0) is 20.1. The topological polar surface area (TPSA) is 66.5 Å². The lowest BCUT2D eigenvalue weighted by atomic mass is 10.1. The van der Waals surface area contributed by atoms with Crippen LogP contribution in [0.5, 0.6) is 0 Å². The Kier molecular flexibility index (Phi) is 6.11. The minimum Gasteiger partial charge on any atom is -0.341 e. The van der Waals surface area contributed by atoms with Crippen LogP contribution in [0.3, 0.4) is 0 Å². The summed E-state index contributed by atoms with van der Waals surface area (Å²) < 4.78 is 27.0. The Morgan fingerprint density at radius 3 is 2.36 bits per heavy atom. The number of amides is 1. The van der Waals surface area contributed by atoms with Crippen molar-refractivity contribution in [1.82, 2.24) is 9.62 Å². The first-order valence-corrected chi connectivity index (χ1v) is 10.6. The van der Waals surface area contributed by atoms with Crippen molar-refractivity contribution >= 4 is 26.7 Å². The number of rotatable bonds is 7. The second-order valence-corrected chi connectivity index (χ2v) is 8.66. The molecule has 0 aromatic heterocycles. The first-order valence-electron chi connectivity index (χ1n) is 9.13. The molecule has 0 saturated carbocycles. The molecule has 0 radical (unpaired) electrons. The Labute approximate surface area is 166 Å². The standard InChI is InChI=1S/C22H24N2O3S/c1-17-7-11-21(12-8-17)28(26,27)23-14-13-22(25)24(2)16-18-9-10-19-5-3-4-6-20(19)15-18/h3-12,15,23H,13-14,16H2,1-2H3. The van der Waals surface area contributed by atoms with Crippen molar-refractivity contribution in [2.24, 2.45) is 0 Å². The summed E-state index contributed by atoms with van der Waals surface area (Å²) in [5, 5.41) is 2.29. The third-order valence-corrected chi connectivity index (χ3v) is 6.10. The molecule has 1 N–H and O–H groups in total. The molecule has 0 bridgehead atoms. The molecule has 28 heavy (non-hydrogen) atoms. The van der Waals surface area contributed by atoms with Crippen molar-refractivity contribution in [3.63, 3.8) is 0 Å². The van der Waals surface area contributed by atoms with Crippen LogP contribution in [0.15, 0.2) is 71.6 Å². The Bertz CT molecular complexity index is 1080. The van der Waals surface area contributed by atoms with Crippen molar-refractivity contribution in [2.75, 3.05) is 13.6 Å². The lowest BCUT2D eigenvalue weighted by molar-refractivity contribution is -0.130. The Balaban J connectivity index is 1.54. The molecule has 146 valence electrons. The first kappa shape index (κ1) is 20.0. The quantitative estimate of drug-likeness (QED) is 0.665. The van der Waals surface area contributed by atoms with Gasteiger partial charge in [-0.05, 0) is 41.5 Å². The van der Waals surface area contributed by atoms with Crippen molar-refractivity contribution in [3.05, 3.63) is 77.9 Å². The number of hydrogen-bond donors (Lipinski definition) is 1. The molecule has 0 fully saturated rings. The third kappa shape index (κ3) is 4.97. The average Bonchev–Trinajstić information content (AvgIpc) is 2.68. The van der Waals surface area contributed by atoms with Gasteiger partial charge >= 0.3 is 0 Å². The zero-order valence-corrected chi connectivity index (χ0v) is 16.9. The van der Waals surface area contributed by atoms with Crippen molar-refractivity contribution in [2.45, 2.75) is 24.8 Å². The summed E-state index contributed by atoms with van der Waals surface area (Å²) in [5.41, 5.74) is 2.03. The summed E-state index contributed by atoms with van der Waals surface area (Å²) in [6, 6.07) is 20.8. The summed E-state index contributed by atoms with van der Waals surface area (Å²) in [7, 11) is -1.87. The number of nitrogens with zero attached hydrogens (tertiary/aromatic N) is 1. The predicted octanol–water partition coefficient (Wildman–Crippen LogP) is 3.48. The van der Waals surface area contributed by atoms with Gasteiger partial charge in [0.1, 0.15) is 0 Å². The fourth-order valence-electron chi connectivity index (χ4n) is 2.98. The first-order chi connectivity index (χ1) is 13.3. The zero-order valence-electron chi connectivity index (χ0n) is 16.1. The van der Waals surface area contributed by atoms with Gasteiger partial charge in [-0.2, -0.15) is 0 Å². The lowest BCUT2D eigenvalue weighted by Crippen LogP contribution is -2.31. The summed E-state index contributed by atoms with van der Waals surface area (Å²) in [6.07, 6.45) is 0.106. The highest BCUT2D eigenvalue weighted by molar-refractivity contribution is 7.89. The normalized spacial score (nSPS) is 11.5. The van der Waals surface area contributed by atoms with Gasteiger partial charge in [-0.25, -0.2) is 13.1 Å². The minimum absolute atomic E-state index is 0.0666. The van der Waals surface area contributed by atoms with E-state index in [0.717, 1.165) is 21.9 Å². The molecule has 5 nitrogen and oxygen atoms in total. The monoisotopic (exact) mass is 396 g/mol. The van der Waals surface area contributed by atoms with Gasteiger partial charge in [0, 0.05) is 26.6 Å². The highest BCUT2D eigenvalue weighted by Crippen LogP contribution is 2.17. The molecule has 0 spiro atoms. The molecule has 3 rings (SSSR count). The van der Waals surface area contributed by atoms with Gasteiger partial charge in [-0.3, -0.25) is 4.79 Å². The van der Waals surface area contributed by atoms with Crippen LogP contribution >= 0.6 is 0 Å². The van der Waals surface area contributed by atoms with Gasteiger partial charge in [-0.1, -0.05) is 54.1 Å². The average molecular weight is 397 g/mol. The number of nitrogens with one attached hydrogen (secondary N) is 1. The molecule has 3 aromatic rings. The van der Waals surface area contributed by atoms with Gasteiger partial charge in [0.2, 0.25) is 15.9 Å². The Hall–Kier alpha value is -2.70. The number of fused-ring (bicyclic) bond motifs is 1. The van der Waals surface area contributed by atoms with E-state index in [0.29, 0.717) is 6.54 Å². The summed E-state index contributed by atoms with van der Waals surface area (Å²) in [6.45, 7) is 2.44. The highest BCUT2D eigenvalue weighted by Gasteiger charge is 2.15. The maximum atomic E-state index is 12.4. The van der Waals surface area contributed by atoms with Crippen LogP contribution in [-0.2, 0) is 21.4 Å². The van der Waals surface area contributed by atoms with Gasteiger partial charge in [-0.15, -0.1) is 0 Å². The molecule has 6 heteroatoms. The van der Waals surface area contributed by atoms with E-state index in [1.165, 1.54) is 0 Å². The van der Waals surface area contributed by atoms with Crippen LogP contribution in [0.1, 0.15) is 17.5 Å². The van der Waals surface area contributed by atoms with Gasteiger partial charge < -0.3 is 4.90 Å². The van der Waals surface area contributed by atoms with E-state index in [1.54, 1.807) is 36.2 Å². The molecule has 1 amide bonds. The summed E-state index contributed by atoms with van der Waals surface area (Å²) >= 11 is 0. The van der Waals surface area contributed by atoms with Gasteiger partial charge in [0.05, 0.1) is 4.90 Å². The van der Waals surface area contributed by atoms with Gasteiger partial charge in [0.15, 0.2) is 0 Å². The van der Waals surface area contributed by atoms with Crippen LogP contribution in [-0.4, -0.2) is 32.8 Å². The number of carbonyl (C=O) groups excluding carboxylic acids is 1. The molecule has 3 aromatic carbocycles. The van der Waals surface area contributed by atoms with E-state index >= 15 is 0 Å². The summed E-state index contributed by atoms with van der Waals surface area (Å²) in [5.74, 6) is -0.111. The van der Waals surface area contributed by atoms with Crippen molar-refractivity contribution in [1.29, 1.82) is 0 Å². The number of hydrogen-bond acceptors (Lipinski definition) is 3. The molecular formula is C22H24N2O3S. The van der Waals surface area contributed by atoms with Crippen molar-refractivity contribution < 1.29 is 13.2 Å². The van der Waals surface area contributed by atoms with E-state index in [9.17, 15) is 13.2 Å². The summed E-state index contributed by atoms with van der Waals surface area (Å²) in [4.78, 5) is 14.2. The fourth-order valence-corrected chi connectivity index (χ4v) is 4.01. The molecular weight excluding hydrogens is 372 g/mol. The van der Waals surface area contributed by atoms with E-state index in [-0.39, 0.29) is 23.8 Å². The molecule has 0 saturated heterocycles. The number of aryl methyl sites for hydroxylation is 1. The maximum Gasteiger partial charge on any atom is 0.240 e. The van der Waals surface area contributed by atoms with Gasteiger partial charge in [0.25, 0.3) is 0 Å². The largest absolute Gasteiger partial charge is 0.341 e. The number of sulfonamides is 1. The Morgan fingerprint density at radius 1 is 0.964 bits per heavy atom. The predicted molar refractivity (Wildman–Crippen MR) is 111 cm³/mol. The SMILES string of the molecule is Cc1ccc(S(=O)(=O)NCCC(=O)N(C)Cc2ccc3ccccc3c2)cc1. The number of benzene rings is 3. The van der Waals surface area contributed by atoms with Crippen LogP contribution < -0.4 is 4.72 Å². The second-order valence-electron chi connectivity index (χ2n) is 6.89. The van der Waals surface area contributed by atoms with Crippen molar-refractivity contribution in [3.8, 4) is 0 Å². The molecule has 0 heterocycles. The highest BCUT2D eigenvalue weighted by atomic mass is 32.2. The lowest BCUT2D eigenvalue weighted by Gasteiger charge is -2.18. The second kappa shape index (κ2) is 8.54. The molecule has 0 aliphatic carbocycles. The molecule has 0 aliphatic heterocycles.